The number of nitrogens with zero attached hydrogens (tertiary/aromatic N) is 2. The van der Waals surface area contributed by atoms with Crippen molar-refractivity contribution in [3.05, 3.63) is 95.1 Å². The maximum atomic E-state index is 13.3. The Bertz CT molecular complexity index is 1430. The maximum absolute atomic E-state index is 13.3. The molecule has 7 heteroatoms. The monoisotopic (exact) mass is 464 g/mol. The van der Waals surface area contributed by atoms with Crippen molar-refractivity contribution < 1.29 is 13.2 Å². The van der Waals surface area contributed by atoms with Gasteiger partial charge in [0.2, 0.25) is 15.7 Å². The number of fused-ring (bicyclic) bond motifs is 2. The summed E-state index contributed by atoms with van der Waals surface area (Å²) in [6, 6.07) is 21.5. The van der Waals surface area contributed by atoms with Crippen molar-refractivity contribution in [1.29, 1.82) is 0 Å². The summed E-state index contributed by atoms with van der Waals surface area (Å²) in [4.78, 5) is 15.3. The normalized spacial score (nSPS) is 13.8. The average molecular weight is 465 g/mol. The highest BCUT2D eigenvalue weighted by atomic mass is 35.5. The smallest absolute Gasteiger partial charge is 0.242 e. The second-order valence-corrected chi connectivity index (χ2v) is 10.3. The Labute approximate surface area is 191 Å². The molecule has 0 aliphatic carbocycles. The molecule has 5 nitrogen and oxygen atoms in total. The zero-order valence-electron chi connectivity index (χ0n) is 17.2. The van der Waals surface area contributed by atoms with Crippen LogP contribution in [0.1, 0.15) is 11.1 Å². The van der Waals surface area contributed by atoms with Crippen LogP contribution in [0, 0.1) is 0 Å². The topological polar surface area (TPSA) is 59.4 Å². The third kappa shape index (κ3) is 3.70. The van der Waals surface area contributed by atoms with Crippen LogP contribution >= 0.6 is 11.6 Å². The van der Waals surface area contributed by atoms with Crippen molar-refractivity contribution in [2.45, 2.75) is 29.3 Å². The molecule has 0 saturated heterocycles. The Balaban J connectivity index is 1.48. The molecule has 4 aromatic rings. The number of halogens is 1. The van der Waals surface area contributed by atoms with Gasteiger partial charge in [0.05, 0.1) is 9.79 Å². The summed E-state index contributed by atoms with van der Waals surface area (Å²) < 4.78 is 28.4. The van der Waals surface area contributed by atoms with Gasteiger partial charge < -0.3 is 9.47 Å². The number of rotatable bonds is 4. The molecule has 1 aromatic heterocycles. The van der Waals surface area contributed by atoms with Crippen molar-refractivity contribution in [1.82, 2.24) is 9.47 Å². The Morgan fingerprint density at radius 1 is 0.906 bits per heavy atom. The minimum absolute atomic E-state index is 0.0318. The number of aromatic nitrogens is 1. The van der Waals surface area contributed by atoms with Crippen LogP contribution in [-0.4, -0.2) is 30.3 Å². The van der Waals surface area contributed by atoms with E-state index in [2.05, 4.69) is 12.1 Å². The summed E-state index contributed by atoms with van der Waals surface area (Å²) in [6.07, 6.45) is 2.40. The van der Waals surface area contributed by atoms with Crippen LogP contribution < -0.4 is 0 Å². The molecule has 1 amide bonds. The summed E-state index contributed by atoms with van der Waals surface area (Å²) in [7, 11) is -3.77. The van der Waals surface area contributed by atoms with Gasteiger partial charge in [-0.05, 0) is 47.9 Å². The largest absolute Gasteiger partial charge is 0.337 e. The molecule has 2 heterocycles. The summed E-state index contributed by atoms with van der Waals surface area (Å²) in [5.41, 5.74) is 3.15. The van der Waals surface area contributed by atoms with Crippen LogP contribution in [-0.2, 0) is 34.1 Å². The zero-order valence-corrected chi connectivity index (χ0v) is 18.8. The highest BCUT2D eigenvalue weighted by Gasteiger charge is 2.25. The van der Waals surface area contributed by atoms with Gasteiger partial charge in [0.25, 0.3) is 0 Å². The van der Waals surface area contributed by atoms with Gasteiger partial charge in [-0.2, -0.15) is 0 Å². The van der Waals surface area contributed by atoms with Crippen LogP contribution in [0.25, 0.3) is 10.9 Å². The molecule has 0 bridgehead atoms. The van der Waals surface area contributed by atoms with E-state index in [4.69, 9.17) is 11.6 Å². The molecule has 5 rings (SSSR count). The second-order valence-electron chi connectivity index (χ2n) is 7.93. The standard InChI is InChI=1S/C25H21ClN2O3S/c26-20-9-11-21(12-10-20)32(30,31)24-16-28(23-8-4-3-7-22(23)24)17-25(29)27-14-13-18-5-1-2-6-19(18)15-27/h1-12,16H,13-15,17H2. The van der Waals surface area contributed by atoms with Crippen LogP contribution in [0.2, 0.25) is 5.02 Å². The number of hydrogen-bond donors (Lipinski definition) is 0. The van der Waals surface area contributed by atoms with E-state index in [0.717, 1.165) is 12.0 Å². The lowest BCUT2D eigenvalue weighted by Crippen LogP contribution is -2.37. The quantitative estimate of drug-likeness (QED) is 0.439. The van der Waals surface area contributed by atoms with E-state index in [1.54, 1.807) is 35.0 Å². The number of carbonyl (C=O) groups is 1. The molecular weight excluding hydrogens is 444 g/mol. The molecule has 0 radical (unpaired) electrons. The Morgan fingerprint density at radius 3 is 2.38 bits per heavy atom. The summed E-state index contributed by atoms with van der Waals surface area (Å²) in [5.74, 6) is -0.0318. The lowest BCUT2D eigenvalue weighted by molar-refractivity contribution is -0.132. The van der Waals surface area contributed by atoms with E-state index >= 15 is 0 Å². The van der Waals surface area contributed by atoms with E-state index in [-0.39, 0.29) is 22.2 Å². The van der Waals surface area contributed by atoms with Gasteiger partial charge in [-0.3, -0.25) is 4.79 Å². The third-order valence-electron chi connectivity index (χ3n) is 5.95. The molecule has 1 aliphatic heterocycles. The first kappa shape index (κ1) is 20.8. The first-order chi connectivity index (χ1) is 15.4. The van der Waals surface area contributed by atoms with Crippen LogP contribution in [0.5, 0.6) is 0 Å². The SMILES string of the molecule is O=C(Cn1cc(S(=O)(=O)c2ccc(Cl)cc2)c2ccccc21)N1CCc2ccccc2C1. The van der Waals surface area contributed by atoms with E-state index in [9.17, 15) is 13.2 Å². The van der Waals surface area contributed by atoms with Gasteiger partial charge in [0.1, 0.15) is 6.54 Å². The Kier molecular flexibility index (Phi) is 5.27. The fraction of sp³-hybridized carbons (Fsp3) is 0.160. The molecule has 32 heavy (non-hydrogen) atoms. The number of amides is 1. The first-order valence-corrected chi connectivity index (χ1v) is 12.2. The van der Waals surface area contributed by atoms with Gasteiger partial charge >= 0.3 is 0 Å². The van der Waals surface area contributed by atoms with Gasteiger partial charge in [-0.15, -0.1) is 0 Å². The molecule has 3 aromatic carbocycles. The van der Waals surface area contributed by atoms with Gasteiger partial charge in [0, 0.05) is 35.2 Å². The molecule has 0 N–H and O–H groups in total. The zero-order chi connectivity index (χ0) is 22.3. The molecule has 0 spiro atoms. The minimum Gasteiger partial charge on any atom is -0.337 e. The van der Waals surface area contributed by atoms with Crippen LogP contribution in [0.3, 0.4) is 0 Å². The lowest BCUT2D eigenvalue weighted by atomic mass is 10.00. The Morgan fingerprint density at radius 2 is 1.59 bits per heavy atom. The van der Waals surface area contributed by atoms with Crippen LogP contribution in [0.15, 0.2) is 88.8 Å². The van der Waals surface area contributed by atoms with E-state index in [0.29, 0.717) is 29.0 Å². The van der Waals surface area contributed by atoms with Crippen molar-refractivity contribution in [2.24, 2.45) is 0 Å². The van der Waals surface area contributed by atoms with Crippen molar-refractivity contribution in [3.8, 4) is 0 Å². The number of benzene rings is 3. The van der Waals surface area contributed by atoms with Crippen molar-refractivity contribution >= 4 is 38.2 Å². The number of hydrogen-bond acceptors (Lipinski definition) is 3. The fourth-order valence-corrected chi connectivity index (χ4v) is 5.86. The molecule has 1 aliphatic rings. The van der Waals surface area contributed by atoms with Gasteiger partial charge in [0.15, 0.2) is 0 Å². The van der Waals surface area contributed by atoms with Gasteiger partial charge in [-0.1, -0.05) is 54.1 Å². The minimum atomic E-state index is -3.77. The van der Waals surface area contributed by atoms with Crippen molar-refractivity contribution in [2.75, 3.05) is 6.54 Å². The Hall–Kier alpha value is -3.09. The summed E-state index contributed by atoms with van der Waals surface area (Å²) >= 11 is 5.93. The lowest BCUT2D eigenvalue weighted by Gasteiger charge is -2.29. The first-order valence-electron chi connectivity index (χ1n) is 10.4. The maximum Gasteiger partial charge on any atom is 0.242 e. The molecule has 0 atom stereocenters. The predicted octanol–water partition coefficient (Wildman–Crippen LogP) is 4.71. The highest BCUT2D eigenvalue weighted by molar-refractivity contribution is 7.91. The molecule has 0 unspecified atom stereocenters. The molecule has 0 saturated carbocycles. The van der Waals surface area contributed by atoms with Crippen molar-refractivity contribution in [3.63, 3.8) is 0 Å². The third-order valence-corrected chi connectivity index (χ3v) is 8.00. The number of sulfone groups is 1. The summed E-state index contributed by atoms with van der Waals surface area (Å²) in [6.45, 7) is 1.31. The van der Waals surface area contributed by atoms with Gasteiger partial charge in [-0.25, -0.2) is 8.42 Å². The summed E-state index contributed by atoms with van der Waals surface area (Å²) in [5, 5.41) is 1.07. The van der Waals surface area contributed by atoms with E-state index in [1.165, 1.54) is 17.7 Å². The average Bonchev–Trinajstić information content (AvgIpc) is 3.18. The molecule has 0 fully saturated rings. The number of carbonyl (C=O) groups excluding carboxylic acids is 1. The molecule has 162 valence electrons. The second kappa shape index (κ2) is 8.11. The number of para-hydroxylation sites is 1. The fourth-order valence-electron chi connectivity index (χ4n) is 4.25. The van der Waals surface area contributed by atoms with E-state index in [1.807, 2.05) is 29.2 Å². The molecular formula is C25H21ClN2O3S. The highest BCUT2D eigenvalue weighted by Crippen LogP contribution is 2.31. The van der Waals surface area contributed by atoms with Crippen LogP contribution in [0.4, 0.5) is 0 Å². The van der Waals surface area contributed by atoms with E-state index < -0.39 is 9.84 Å². The predicted molar refractivity (Wildman–Crippen MR) is 124 cm³/mol.